The first-order chi connectivity index (χ1) is 11.7. The number of benzene rings is 2. The molecule has 4 heteroatoms. The zero-order chi connectivity index (χ0) is 16.7. The molecule has 0 aliphatic carbocycles. The molecule has 1 amide bonds. The number of carbonyl (C=O) groups excluding carboxylic acids is 1. The molecule has 1 saturated heterocycles. The lowest BCUT2D eigenvalue weighted by molar-refractivity contribution is 0.0694. The molecule has 0 bridgehead atoms. The van der Waals surface area contributed by atoms with Crippen LogP contribution in [-0.2, 0) is 12.1 Å². The molecular weight excluding hydrogens is 320 g/mol. The Kier molecular flexibility index (Phi) is 3.86. The summed E-state index contributed by atoms with van der Waals surface area (Å²) in [7, 11) is 0. The summed E-state index contributed by atoms with van der Waals surface area (Å²) in [6.45, 7) is 3.72. The van der Waals surface area contributed by atoms with Crippen molar-refractivity contribution in [1.82, 2.24) is 10.2 Å². The van der Waals surface area contributed by atoms with Crippen molar-refractivity contribution < 1.29 is 4.79 Å². The van der Waals surface area contributed by atoms with Crippen LogP contribution in [0.1, 0.15) is 46.8 Å². The molecular formula is C20H21ClN2O. The van der Waals surface area contributed by atoms with Crippen LogP contribution in [0.2, 0.25) is 5.02 Å². The average molecular weight is 341 g/mol. The number of hydrogen-bond donors (Lipinski definition) is 1. The fourth-order valence-corrected chi connectivity index (χ4v) is 4.10. The van der Waals surface area contributed by atoms with E-state index >= 15 is 0 Å². The summed E-state index contributed by atoms with van der Waals surface area (Å²) in [5, 5.41) is 4.31. The van der Waals surface area contributed by atoms with Crippen LogP contribution in [-0.4, -0.2) is 23.9 Å². The number of hydrogen-bond acceptors (Lipinski definition) is 2. The predicted molar refractivity (Wildman–Crippen MR) is 96.3 cm³/mol. The minimum Gasteiger partial charge on any atom is -0.311 e. The number of amides is 1. The Balaban J connectivity index is 1.87. The summed E-state index contributed by atoms with van der Waals surface area (Å²) >= 11 is 6.07. The van der Waals surface area contributed by atoms with E-state index < -0.39 is 5.66 Å². The van der Waals surface area contributed by atoms with Gasteiger partial charge in [-0.15, -0.1) is 0 Å². The van der Waals surface area contributed by atoms with Gasteiger partial charge >= 0.3 is 0 Å². The predicted octanol–water partition coefficient (Wildman–Crippen LogP) is 3.94. The molecule has 1 unspecified atom stereocenters. The Hall–Kier alpha value is -1.84. The van der Waals surface area contributed by atoms with Gasteiger partial charge in [0.25, 0.3) is 5.91 Å². The van der Waals surface area contributed by atoms with Crippen LogP contribution in [0.15, 0.2) is 42.5 Å². The van der Waals surface area contributed by atoms with E-state index in [0.717, 1.165) is 42.6 Å². The van der Waals surface area contributed by atoms with E-state index in [4.69, 9.17) is 11.6 Å². The number of unbranched alkanes of at least 4 members (excludes halogenated alkanes) is 1. The number of nitrogens with zero attached hydrogens (tertiary/aromatic N) is 1. The largest absolute Gasteiger partial charge is 0.311 e. The van der Waals surface area contributed by atoms with E-state index in [2.05, 4.69) is 24.4 Å². The third-order valence-corrected chi connectivity index (χ3v) is 5.40. The van der Waals surface area contributed by atoms with Gasteiger partial charge in [0.05, 0.1) is 0 Å². The number of nitrogens with one attached hydrogen (secondary N) is 1. The van der Waals surface area contributed by atoms with E-state index in [9.17, 15) is 4.79 Å². The van der Waals surface area contributed by atoms with E-state index in [1.54, 1.807) is 0 Å². The molecule has 0 spiro atoms. The van der Waals surface area contributed by atoms with Crippen LogP contribution in [0.25, 0.3) is 0 Å². The Morgan fingerprint density at radius 1 is 1.21 bits per heavy atom. The van der Waals surface area contributed by atoms with E-state index in [0.29, 0.717) is 5.02 Å². The van der Waals surface area contributed by atoms with Crippen molar-refractivity contribution in [3.8, 4) is 0 Å². The summed E-state index contributed by atoms with van der Waals surface area (Å²) in [5.74, 6) is 0.118. The Morgan fingerprint density at radius 2 is 2.00 bits per heavy atom. The van der Waals surface area contributed by atoms with Crippen LogP contribution in [0.4, 0.5) is 0 Å². The minimum atomic E-state index is -0.542. The Morgan fingerprint density at radius 3 is 2.75 bits per heavy atom. The number of carbonyl (C=O) groups is 1. The van der Waals surface area contributed by atoms with Crippen LogP contribution >= 0.6 is 11.6 Å². The Labute approximate surface area is 147 Å². The quantitative estimate of drug-likeness (QED) is 0.914. The van der Waals surface area contributed by atoms with Gasteiger partial charge < -0.3 is 4.90 Å². The molecule has 0 aromatic heterocycles. The third-order valence-electron chi connectivity index (χ3n) is 5.15. The van der Waals surface area contributed by atoms with Crippen LogP contribution < -0.4 is 5.32 Å². The molecule has 0 radical (unpaired) electrons. The first kappa shape index (κ1) is 15.7. The molecule has 4 rings (SSSR count). The highest BCUT2D eigenvalue weighted by Gasteiger charge is 2.53. The number of halogens is 1. The van der Waals surface area contributed by atoms with Gasteiger partial charge in [-0.3, -0.25) is 10.1 Å². The lowest BCUT2D eigenvalue weighted by Crippen LogP contribution is -2.46. The second-order valence-corrected chi connectivity index (χ2v) is 7.02. The lowest BCUT2D eigenvalue weighted by Gasteiger charge is -2.33. The third kappa shape index (κ3) is 2.19. The number of rotatable bonds is 4. The van der Waals surface area contributed by atoms with E-state index in [1.807, 2.05) is 35.2 Å². The standard InChI is InChI=1S/C20H21ClN2O/c1-2-3-4-14-5-10-17-18(13-14)20(15-6-8-16(21)9-7-15)22-11-12-23(20)19(17)24/h5-10,13,22H,2-4,11-12H2,1H3. The average Bonchev–Trinajstić information content (AvgIpc) is 3.13. The smallest absolute Gasteiger partial charge is 0.256 e. The second kappa shape index (κ2) is 5.91. The van der Waals surface area contributed by atoms with Crippen molar-refractivity contribution in [2.45, 2.75) is 31.8 Å². The van der Waals surface area contributed by atoms with Gasteiger partial charge in [-0.05, 0) is 42.2 Å². The minimum absolute atomic E-state index is 0.118. The Bertz CT molecular complexity index is 787. The van der Waals surface area contributed by atoms with Gasteiger partial charge in [-0.1, -0.05) is 49.2 Å². The number of fused-ring (bicyclic) bond motifs is 3. The topological polar surface area (TPSA) is 32.3 Å². The zero-order valence-electron chi connectivity index (χ0n) is 13.8. The molecule has 124 valence electrons. The van der Waals surface area contributed by atoms with E-state index in [1.165, 1.54) is 12.0 Å². The molecule has 1 fully saturated rings. The van der Waals surface area contributed by atoms with Crippen molar-refractivity contribution in [1.29, 1.82) is 0 Å². The maximum Gasteiger partial charge on any atom is 0.256 e. The van der Waals surface area contributed by atoms with Crippen molar-refractivity contribution in [3.63, 3.8) is 0 Å². The second-order valence-electron chi connectivity index (χ2n) is 6.58. The molecule has 2 aromatic carbocycles. The van der Waals surface area contributed by atoms with Gasteiger partial charge in [0.2, 0.25) is 0 Å². The summed E-state index contributed by atoms with van der Waals surface area (Å²) < 4.78 is 0. The molecule has 24 heavy (non-hydrogen) atoms. The maximum absolute atomic E-state index is 12.9. The van der Waals surface area contributed by atoms with Gasteiger partial charge in [-0.25, -0.2) is 0 Å². The van der Waals surface area contributed by atoms with Crippen molar-refractivity contribution in [2.75, 3.05) is 13.1 Å². The van der Waals surface area contributed by atoms with Gasteiger partial charge in [-0.2, -0.15) is 0 Å². The van der Waals surface area contributed by atoms with Crippen molar-refractivity contribution in [2.24, 2.45) is 0 Å². The highest BCUT2D eigenvalue weighted by Crippen LogP contribution is 2.44. The van der Waals surface area contributed by atoms with Crippen molar-refractivity contribution >= 4 is 17.5 Å². The first-order valence-corrected chi connectivity index (χ1v) is 9.01. The summed E-state index contributed by atoms with van der Waals surface area (Å²) in [4.78, 5) is 14.9. The summed E-state index contributed by atoms with van der Waals surface area (Å²) in [6, 6.07) is 14.2. The molecule has 2 aromatic rings. The van der Waals surface area contributed by atoms with Crippen molar-refractivity contribution in [3.05, 3.63) is 69.7 Å². The first-order valence-electron chi connectivity index (χ1n) is 8.63. The highest BCUT2D eigenvalue weighted by atomic mass is 35.5. The monoisotopic (exact) mass is 340 g/mol. The molecule has 1 atom stereocenters. The van der Waals surface area contributed by atoms with Gasteiger partial charge in [0.15, 0.2) is 0 Å². The number of aryl methyl sites for hydroxylation is 1. The lowest BCUT2D eigenvalue weighted by atomic mass is 9.89. The highest BCUT2D eigenvalue weighted by molar-refractivity contribution is 6.30. The molecule has 1 N–H and O–H groups in total. The molecule has 2 aliphatic rings. The fraction of sp³-hybridized carbons (Fsp3) is 0.350. The zero-order valence-corrected chi connectivity index (χ0v) is 14.6. The van der Waals surface area contributed by atoms with Crippen LogP contribution in [0.3, 0.4) is 0 Å². The van der Waals surface area contributed by atoms with Crippen LogP contribution in [0, 0.1) is 0 Å². The van der Waals surface area contributed by atoms with Crippen LogP contribution in [0.5, 0.6) is 0 Å². The normalized spacial score (nSPS) is 21.9. The summed E-state index contributed by atoms with van der Waals surface area (Å²) in [5.41, 5.74) is 3.73. The van der Waals surface area contributed by atoms with E-state index in [-0.39, 0.29) is 5.91 Å². The summed E-state index contributed by atoms with van der Waals surface area (Å²) in [6.07, 6.45) is 3.38. The SMILES string of the molecule is CCCCc1ccc2c(c1)C1(c3ccc(Cl)cc3)NCCN1C2=O. The van der Waals surface area contributed by atoms with Gasteiger partial charge in [0.1, 0.15) is 5.66 Å². The maximum atomic E-state index is 12.9. The molecule has 3 nitrogen and oxygen atoms in total. The van der Waals surface area contributed by atoms with Gasteiger partial charge in [0, 0.05) is 29.2 Å². The fourth-order valence-electron chi connectivity index (χ4n) is 3.97. The molecule has 2 aliphatic heterocycles. The molecule has 2 heterocycles. The molecule has 0 saturated carbocycles.